The molecule has 2 aliphatic rings. The van der Waals surface area contributed by atoms with Gasteiger partial charge in [0.05, 0.1) is 0 Å². The van der Waals surface area contributed by atoms with Gasteiger partial charge in [0.15, 0.2) is 0 Å². The Kier molecular flexibility index (Phi) is 13.9. The van der Waals surface area contributed by atoms with Gasteiger partial charge in [-0.15, -0.1) is 13.2 Å². The first-order valence-corrected chi connectivity index (χ1v) is 22.2. The molecule has 0 heterocycles. The van der Waals surface area contributed by atoms with Crippen molar-refractivity contribution in [1.29, 1.82) is 0 Å². The smallest absolute Gasteiger partial charge is 0.0215 e. The Morgan fingerprint density at radius 2 is 0.741 bits per heavy atom. The number of benzene rings is 4. The highest BCUT2D eigenvalue weighted by molar-refractivity contribution is 5.87. The summed E-state index contributed by atoms with van der Waals surface area (Å²) in [5.74, 6) is 0. The van der Waals surface area contributed by atoms with E-state index in [1.54, 1.807) is 22.3 Å². The maximum absolute atomic E-state index is 4.10. The SMILES string of the molecule is C=CCCCC1(CCCC=C)c2cc(C)ccc2-c2ccc(-c3ccc4c(c3)C(CCCCCCCC)(CCCCCCCC)c3cc(C)ccc3-4)cc21. The minimum absolute atomic E-state index is 0.0164. The summed E-state index contributed by atoms with van der Waals surface area (Å²) in [7, 11) is 0. The molecular weight excluding hydrogens is 649 g/mol. The molecule has 0 fully saturated rings. The van der Waals surface area contributed by atoms with Crippen LogP contribution in [0.3, 0.4) is 0 Å². The fourth-order valence-electron chi connectivity index (χ4n) is 10.4. The third-order valence-electron chi connectivity index (χ3n) is 13.3. The van der Waals surface area contributed by atoms with Gasteiger partial charge in [0.2, 0.25) is 0 Å². The van der Waals surface area contributed by atoms with Crippen LogP contribution in [-0.2, 0) is 10.8 Å². The van der Waals surface area contributed by atoms with Gasteiger partial charge in [-0.1, -0.05) is 175 Å². The quantitative estimate of drug-likeness (QED) is 0.0529. The van der Waals surface area contributed by atoms with E-state index in [9.17, 15) is 0 Å². The molecule has 0 atom stereocenters. The van der Waals surface area contributed by atoms with Crippen molar-refractivity contribution in [1.82, 2.24) is 0 Å². The second-order valence-corrected chi connectivity index (χ2v) is 17.2. The van der Waals surface area contributed by atoms with Crippen LogP contribution in [0.5, 0.6) is 0 Å². The van der Waals surface area contributed by atoms with Gasteiger partial charge in [0.25, 0.3) is 0 Å². The summed E-state index contributed by atoms with van der Waals surface area (Å²) in [6.45, 7) is 17.4. The van der Waals surface area contributed by atoms with Crippen LogP contribution < -0.4 is 0 Å². The van der Waals surface area contributed by atoms with Crippen LogP contribution in [0, 0.1) is 13.8 Å². The van der Waals surface area contributed by atoms with Crippen molar-refractivity contribution >= 4 is 0 Å². The Bertz CT molecular complexity index is 1840. The van der Waals surface area contributed by atoms with Gasteiger partial charge in [-0.05, 0) is 133 Å². The molecule has 0 saturated carbocycles. The Labute approximate surface area is 330 Å². The minimum Gasteiger partial charge on any atom is -0.103 e. The Morgan fingerprint density at radius 3 is 1.13 bits per heavy atom. The highest BCUT2D eigenvalue weighted by atomic mass is 14.5. The molecule has 0 bridgehead atoms. The third kappa shape index (κ3) is 8.29. The van der Waals surface area contributed by atoms with Gasteiger partial charge >= 0.3 is 0 Å². The summed E-state index contributed by atoms with van der Waals surface area (Å²) < 4.78 is 0. The maximum atomic E-state index is 4.10. The van der Waals surface area contributed by atoms with Crippen LogP contribution in [0.4, 0.5) is 0 Å². The Hall–Kier alpha value is -3.64. The van der Waals surface area contributed by atoms with Gasteiger partial charge in [-0.2, -0.15) is 0 Å². The van der Waals surface area contributed by atoms with Crippen LogP contribution in [0.15, 0.2) is 98.1 Å². The summed E-state index contributed by atoms with van der Waals surface area (Å²) in [4.78, 5) is 0. The van der Waals surface area contributed by atoms with Gasteiger partial charge < -0.3 is 0 Å². The lowest BCUT2D eigenvalue weighted by Crippen LogP contribution is -2.26. The zero-order chi connectivity index (χ0) is 38.0. The molecule has 4 aromatic carbocycles. The van der Waals surface area contributed by atoms with Crippen molar-refractivity contribution in [2.45, 2.75) is 167 Å². The molecule has 0 aromatic heterocycles. The lowest BCUT2D eigenvalue weighted by Gasteiger charge is -2.34. The molecule has 4 aromatic rings. The number of fused-ring (bicyclic) bond motifs is 6. The number of aryl methyl sites for hydroxylation is 2. The highest BCUT2D eigenvalue weighted by Crippen LogP contribution is 2.57. The van der Waals surface area contributed by atoms with Gasteiger partial charge in [-0.3, -0.25) is 0 Å². The Morgan fingerprint density at radius 1 is 0.407 bits per heavy atom. The van der Waals surface area contributed by atoms with E-state index >= 15 is 0 Å². The number of hydrogen-bond acceptors (Lipinski definition) is 0. The summed E-state index contributed by atoms with van der Waals surface area (Å²) in [5.41, 5.74) is 17.8. The van der Waals surface area contributed by atoms with E-state index in [1.165, 1.54) is 134 Å². The summed E-state index contributed by atoms with van der Waals surface area (Å²) in [5, 5.41) is 0. The number of unbranched alkanes of at least 4 members (excludes halogenated alkanes) is 12. The van der Waals surface area contributed by atoms with E-state index in [4.69, 9.17) is 0 Å². The van der Waals surface area contributed by atoms with Crippen molar-refractivity contribution in [3.8, 4) is 33.4 Å². The summed E-state index contributed by atoms with van der Waals surface area (Å²) >= 11 is 0. The van der Waals surface area contributed by atoms with Crippen LogP contribution in [0.25, 0.3) is 33.4 Å². The van der Waals surface area contributed by atoms with E-state index < -0.39 is 0 Å². The first kappa shape index (κ1) is 40.0. The molecule has 286 valence electrons. The number of allylic oxidation sites excluding steroid dienone is 2. The van der Waals surface area contributed by atoms with E-state index in [2.05, 4.69) is 126 Å². The van der Waals surface area contributed by atoms with E-state index in [-0.39, 0.29) is 10.8 Å². The predicted octanol–water partition coefficient (Wildman–Crippen LogP) is 16.7. The molecule has 0 N–H and O–H groups in total. The molecule has 0 radical (unpaired) electrons. The molecular formula is C54H70. The van der Waals surface area contributed by atoms with E-state index in [0.29, 0.717) is 0 Å². The average Bonchev–Trinajstić information content (AvgIpc) is 3.59. The number of rotatable bonds is 23. The molecule has 0 nitrogen and oxygen atoms in total. The average molecular weight is 719 g/mol. The minimum atomic E-state index is 0.0164. The molecule has 0 spiro atoms. The molecule has 2 aliphatic carbocycles. The van der Waals surface area contributed by atoms with E-state index in [1.807, 2.05) is 0 Å². The monoisotopic (exact) mass is 719 g/mol. The van der Waals surface area contributed by atoms with Gasteiger partial charge in [0, 0.05) is 10.8 Å². The molecule has 0 aliphatic heterocycles. The van der Waals surface area contributed by atoms with Crippen molar-refractivity contribution in [2.24, 2.45) is 0 Å². The lowest BCUT2D eigenvalue weighted by molar-refractivity contribution is 0.398. The summed E-state index contributed by atoms with van der Waals surface area (Å²) in [6.07, 6.45) is 29.6. The molecule has 0 unspecified atom stereocenters. The van der Waals surface area contributed by atoms with Gasteiger partial charge in [0.1, 0.15) is 0 Å². The Balaban J connectivity index is 1.43. The summed E-state index contributed by atoms with van der Waals surface area (Å²) in [6, 6.07) is 29.7. The molecule has 54 heavy (non-hydrogen) atoms. The van der Waals surface area contributed by atoms with Crippen LogP contribution in [-0.4, -0.2) is 0 Å². The largest absolute Gasteiger partial charge is 0.103 e. The zero-order valence-corrected chi connectivity index (χ0v) is 34.6. The first-order chi connectivity index (χ1) is 26.4. The fraction of sp³-hybridized carbons (Fsp3) is 0.481. The second-order valence-electron chi connectivity index (χ2n) is 17.2. The fourth-order valence-corrected chi connectivity index (χ4v) is 10.4. The van der Waals surface area contributed by atoms with Crippen LogP contribution >= 0.6 is 0 Å². The van der Waals surface area contributed by atoms with Crippen LogP contribution in [0.2, 0.25) is 0 Å². The van der Waals surface area contributed by atoms with Crippen molar-refractivity contribution in [2.75, 3.05) is 0 Å². The lowest BCUT2D eigenvalue weighted by atomic mass is 9.69. The predicted molar refractivity (Wildman–Crippen MR) is 238 cm³/mol. The maximum Gasteiger partial charge on any atom is 0.0215 e. The molecule has 0 amide bonds. The van der Waals surface area contributed by atoms with Crippen molar-refractivity contribution in [3.05, 3.63) is 131 Å². The number of hydrogen-bond donors (Lipinski definition) is 0. The molecule has 0 heteroatoms. The van der Waals surface area contributed by atoms with Crippen molar-refractivity contribution in [3.63, 3.8) is 0 Å². The first-order valence-electron chi connectivity index (χ1n) is 22.2. The third-order valence-corrected chi connectivity index (χ3v) is 13.3. The molecule has 6 rings (SSSR count). The topological polar surface area (TPSA) is 0 Å². The highest BCUT2D eigenvalue weighted by Gasteiger charge is 2.44. The standard InChI is InChI=1S/C54H70/c1-7-11-15-17-19-23-35-54(36-24-20-18-16-12-8-2)50-38-42(6)26-30-46(50)48-32-28-44(40-52(48)54)43-27-31-47-45-29-25-41(5)37-49(45)53(51(47)39-43,33-21-13-9-3)34-22-14-10-4/h9-10,25-32,37-40H,3-4,7-8,11-24,33-36H2,1-2,5-6H3. The molecule has 0 saturated heterocycles. The van der Waals surface area contributed by atoms with Crippen LogP contribution in [0.1, 0.15) is 176 Å². The van der Waals surface area contributed by atoms with Crippen molar-refractivity contribution < 1.29 is 0 Å². The van der Waals surface area contributed by atoms with E-state index in [0.717, 1.165) is 38.5 Å². The van der Waals surface area contributed by atoms with Gasteiger partial charge in [-0.25, -0.2) is 0 Å². The zero-order valence-electron chi connectivity index (χ0n) is 34.6. The second kappa shape index (κ2) is 18.8. The normalized spacial score (nSPS) is 14.4.